The summed E-state index contributed by atoms with van der Waals surface area (Å²) in [6.07, 6.45) is 3.84. The van der Waals surface area contributed by atoms with E-state index in [9.17, 15) is 0 Å². The Bertz CT molecular complexity index is 248. The van der Waals surface area contributed by atoms with Crippen molar-refractivity contribution in [2.24, 2.45) is 0 Å². The molecule has 0 unspecified atom stereocenters. The molecule has 66 valence electrons. The third-order valence-corrected chi connectivity index (χ3v) is 3.78. The molecule has 2 rings (SSSR count). The molecule has 2 heterocycles. The first-order valence-corrected chi connectivity index (χ1v) is 5.54. The highest BCUT2D eigenvalue weighted by atomic mass is 32.1. The van der Waals surface area contributed by atoms with E-state index in [2.05, 4.69) is 24.4 Å². The second-order valence-electron chi connectivity index (χ2n) is 3.31. The van der Waals surface area contributed by atoms with Crippen molar-refractivity contribution in [1.82, 2.24) is 5.32 Å². The summed E-state index contributed by atoms with van der Waals surface area (Å²) in [7, 11) is 0. The van der Waals surface area contributed by atoms with Crippen molar-refractivity contribution in [3.8, 4) is 0 Å². The molecule has 1 N–H and O–H groups in total. The number of rotatable bonds is 2. The van der Waals surface area contributed by atoms with Gasteiger partial charge in [-0.2, -0.15) is 0 Å². The minimum absolute atomic E-state index is 0.662. The van der Waals surface area contributed by atoms with Gasteiger partial charge in [-0.25, -0.2) is 0 Å². The zero-order valence-electron chi connectivity index (χ0n) is 7.47. The SMILES string of the molecule is CCc1ccc([C@H]2CCCN2)s1. The lowest BCUT2D eigenvalue weighted by molar-refractivity contribution is 0.660. The smallest absolute Gasteiger partial charge is 0.0415 e. The van der Waals surface area contributed by atoms with E-state index in [-0.39, 0.29) is 0 Å². The standard InChI is InChI=1S/C10H15NS/c1-2-8-5-6-10(12-8)9-4-3-7-11-9/h5-6,9,11H,2-4,7H2,1H3/t9-/m1/s1. The van der Waals surface area contributed by atoms with Gasteiger partial charge in [-0.15, -0.1) is 11.3 Å². The van der Waals surface area contributed by atoms with Crippen molar-refractivity contribution in [3.05, 3.63) is 21.9 Å². The number of aryl methyl sites for hydroxylation is 1. The van der Waals surface area contributed by atoms with Gasteiger partial charge in [0.15, 0.2) is 0 Å². The summed E-state index contributed by atoms with van der Waals surface area (Å²) >= 11 is 1.97. The van der Waals surface area contributed by atoms with Crippen LogP contribution in [0.2, 0.25) is 0 Å². The lowest BCUT2D eigenvalue weighted by atomic mass is 10.2. The first-order chi connectivity index (χ1) is 5.90. The fraction of sp³-hybridized carbons (Fsp3) is 0.600. The zero-order valence-corrected chi connectivity index (χ0v) is 8.29. The van der Waals surface area contributed by atoms with Crippen LogP contribution in [0.25, 0.3) is 0 Å². The molecule has 2 heteroatoms. The van der Waals surface area contributed by atoms with Crippen LogP contribution < -0.4 is 5.32 Å². The molecule has 0 aromatic carbocycles. The molecule has 0 spiro atoms. The highest BCUT2D eigenvalue weighted by molar-refractivity contribution is 7.12. The van der Waals surface area contributed by atoms with Gasteiger partial charge < -0.3 is 5.32 Å². The second kappa shape index (κ2) is 3.58. The largest absolute Gasteiger partial charge is 0.309 e. The first-order valence-electron chi connectivity index (χ1n) is 4.72. The normalized spacial score (nSPS) is 23.2. The maximum absolute atomic E-state index is 3.52. The van der Waals surface area contributed by atoms with Gasteiger partial charge in [0.2, 0.25) is 0 Å². The molecule has 0 aliphatic carbocycles. The molecule has 0 amide bonds. The van der Waals surface area contributed by atoms with Gasteiger partial charge >= 0.3 is 0 Å². The quantitative estimate of drug-likeness (QED) is 0.739. The Labute approximate surface area is 77.8 Å². The van der Waals surface area contributed by atoms with E-state index >= 15 is 0 Å². The number of hydrogen-bond donors (Lipinski definition) is 1. The molecule has 0 saturated carbocycles. The Hall–Kier alpha value is -0.340. The van der Waals surface area contributed by atoms with Crippen LogP contribution in [0, 0.1) is 0 Å². The summed E-state index contributed by atoms with van der Waals surface area (Å²) in [5.41, 5.74) is 0. The molecule has 0 bridgehead atoms. The van der Waals surface area contributed by atoms with E-state index in [4.69, 9.17) is 0 Å². The fourth-order valence-corrected chi connectivity index (χ4v) is 2.76. The molecule has 1 aromatic rings. The van der Waals surface area contributed by atoms with Crippen molar-refractivity contribution >= 4 is 11.3 Å². The first kappa shape index (κ1) is 8.27. The Balaban J connectivity index is 2.11. The van der Waals surface area contributed by atoms with Crippen molar-refractivity contribution in [1.29, 1.82) is 0 Å². The second-order valence-corrected chi connectivity index (χ2v) is 4.51. The van der Waals surface area contributed by atoms with E-state index in [0.29, 0.717) is 6.04 Å². The summed E-state index contributed by atoms with van der Waals surface area (Å²) in [4.78, 5) is 3.04. The van der Waals surface area contributed by atoms with Crippen LogP contribution >= 0.6 is 11.3 Å². The maximum Gasteiger partial charge on any atom is 0.0415 e. The summed E-state index contributed by atoms with van der Waals surface area (Å²) < 4.78 is 0. The number of thiophene rings is 1. The molecular weight excluding hydrogens is 166 g/mol. The third-order valence-electron chi connectivity index (χ3n) is 2.43. The summed E-state index contributed by atoms with van der Waals surface area (Å²) in [6.45, 7) is 3.42. The van der Waals surface area contributed by atoms with E-state index in [1.54, 1.807) is 0 Å². The minimum atomic E-state index is 0.662. The molecule has 1 aromatic heterocycles. The molecule has 1 saturated heterocycles. The molecule has 1 fully saturated rings. The predicted octanol–water partition coefficient (Wildman–Crippen LogP) is 2.74. The molecular formula is C10H15NS. The minimum Gasteiger partial charge on any atom is -0.309 e. The van der Waals surface area contributed by atoms with Crippen LogP contribution in [0.5, 0.6) is 0 Å². The topological polar surface area (TPSA) is 12.0 Å². The average molecular weight is 181 g/mol. The van der Waals surface area contributed by atoms with Crippen LogP contribution in [0.1, 0.15) is 35.6 Å². The van der Waals surface area contributed by atoms with Crippen LogP contribution in [0.15, 0.2) is 12.1 Å². The van der Waals surface area contributed by atoms with Gasteiger partial charge in [0.1, 0.15) is 0 Å². The van der Waals surface area contributed by atoms with Gasteiger partial charge in [-0.05, 0) is 37.9 Å². The summed E-state index contributed by atoms with van der Waals surface area (Å²) in [6, 6.07) is 5.21. The van der Waals surface area contributed by atoms with Crippen molar-refractivity contribution in [2.45, 2.75) is 32.2 Å². The van der Waals surface area contributed by atoms with Crippen molar-refractivity contribution in [2.75, 3.05) is 6.54 Å². The van der Waals surface area contributed by atoms with E-state index in [0.717, 1.165) is 0 Å². The molecule has 1 atom stereocenters. The van der Waals surface area contributed by atoms with Gasteiger partial charge in [-0.1, -0.05) is 6.92 Å². The summed E-state index contributed by atoms with van der Waals surface area (Å²) in [5, 5.41) is 3.52. The molecule has 1 aliphatic heterocycles. The van der Waals surface area contributed by atoms with E-state index < -0.39 is 0 Å². The fourth-order valence-electron chi connectivity index (χ4n) is 1.70. The molecule has 12 heavy (non-hydrogen) atoms. The zero-order chi connectivity index (χ0) is 8.39. The van der Waals surface area contributed by atoms with Crippen molar-refractivity contribution < 1.29 is 0 Å². The lowest BCUT2D eigenvalue weighted by Crippen LogP contribution is -2.11. The molecule has 0 radical (unpaired) electrons. The van der Waals surface area contributed by atoms with Gasteiger partial charge in [0, 0.05) is 15.8 Å². The Kier molecular flexibility index (Phi) is 2.47. The molecule has 1 aliphatic rings. The Morgan fingerprint density at radius 3 is 3.08 bits per heavy atom. The van der Waals surface area contributed by atoms with E-state index in [1.165, 1.54) is 35.6 Å². The van der Waals surface area contributed by atoms with Crippen molar-refractivity contribution in [3.63, 3.8) is 0 Å². The van der Waals surface area contributed by atoms with Crippen LogP contribution in [-0.4, -0.2) is 6.54 Å². The Morgan fingerprint density at radius 1 is 1.58 bits per heavy atom. The van der Waals surface area contributed by atoms with Crippen LogP contribution in [0.3, 0.4) is 0 Å². The number of hydrogen-bond acceptors (Lipinski definition) is 2. The average Bonchev–Trinajstić information content (AvgIpc) is 2.75. The van der Waals surface area contributed by atoms with Crippen LogP contribution in [0.4, 0.5) is 0 Å². The lowest BCUT2D eigenvalue weighted by Gasteiger charge is -2.05. The summed E-state index contributed by atoms with van der Waals surface area (Å²) in [5.74, 6) is 0. The third kappa shape index (κ3) is 1.54. The van der Waals surface area contributed by atoms with Gasteiger partial charge in [-0.3, -0.25) is 0 Å². The highest BCUT2D eigenvalue weighted by Gasteiger charge is 2.17. The molecule has 1 nitrogen and oxygen atoms in total. The van der Waals surface area contributed by atoms with Gasteiger partial charge in [0.05, 0.1) is 0 Å². The maximum atomic E-state index is 3.52. The highest BCUT2D eigenvalue weighted by Crippen LogP contribution is 2.29. The van der Waals surface area contributed by atoms with E-state index in [1.807, 2.05) is 11.3 Å². The van der Waals surface area contributed by atoms with Crippen LogP contribution in [-0.2, 0) is 6.42 Å². The van der Waals surface area contributed by atoms with Gasteiger partial charge in [0.25, 0.3) is 0 Å². The number of nitrogens with one attached hydrogen (secondary N) is 1. The monoisotopic (exact) mass is 181 g/mol. The predicted molar refractivity (Wildman–Crippen MR) is 53.7 cm³/mol. The Morgan fingerprint density at radius 2 is 2.50 bits per heavy atom.